The van der Waals surface area contributed by atoms with E-state index in [0.717, 1.165) is 5.56 Å². The van der Waals surface area contributed by atoms with Gasteiger partial charge in [0.1, 0.15) is 10.6 Å². The van der Waals surface area contributed by atoms with Gasteiger partial charge in [-0.1, -0.05) is 54.6 Å². The van der Waals surface area contributed by atoms with Gasteiger partial charge in [-0.05, 0) is 35.2 Å². The Kier molecular flexibility index (Phi) is 4.99. The molecule has 1 aromatic heterocycles. The van der Waals surface area contributed by atoms with Gasteiger partial charge >= 0.3 is 5.97 Å². The van der Waals surface area contributed by atoms with Crippen molar-refractivity contribution in [2.24, 2.45) is 0 Å². The quantitative estimate of drug-likeness (QED) is 0.289. The Balaban J connectivity index is 1.80. The van der Waals surface area contributed by atoms with Crippen LogP contribution >= 0.6 is 11.3 Å². The van der Waals surface area contributed by atoms with Gasteiger partial charge in [0, 0.05) is 0 Å². The van der Waals surface area contributed by atoms with Gasteiger partial charge in [-0.15, -0.1) is 11.3 Å². The first-order valence-electron chi connectivity index (χ1n) is 7.36. The average Bonchev–Trinajstić information content (AvgIpc) is 3.16. The zero-order valence-electron chi connectivity index (χ0n) is 12.7. The first kappa shape index (κ1) is 15.9. The van der Waals surface area contributed by atoms with E-state index in [4.69, 9.17) is 4.74 Å². The summed E-state index contributed by atoms with van der Waals surface area (Å²) in [5, 5.41) is 1.80. The minimum absolute atomic E-state index is 0.214. The molecular formula is C20H14O3S. The Morgan fingerprint density at radius 2 is 1.62 bits per heavy atom. The van der Waals surface area contributed by atoms with Crippen LogP contribution in [0.25, 0.3) is 6.08 Å². The molecule has 3 aromatic rings. The molecule has 0 unspecified atom stereocenters. The molecule has 0 amide bonds. The van der Waals surface area contributed by atoms with Gasteiger partial charge in [0.15, 0.2) is 5.78 Å². The lowest BCUT2D eigenvalue weighted by Gasteiger charge is -2.07. The maximum absolute atomic E-state index is 12.4. The normalized spacial score (nSPS) is 10.7. The van der Waals surface area contributed by atoms with Crippen LogP contribution in [0.5, 0.6) is 5.75 Å². The van der Waals surface area contributed by atoms with Crippen molar-refractivity contribution in [3.05, 3.63) is 94.2 Å². The molecule has 0 N–H and O–H groups in total. The molecule has 24 heavy (non-hydrogen) atoms. The lowest BCUT2D eigenvalue weighted by Crippen LogP contribution is -2.09. The van der Waals surface area contributed by atoms with Gasteiger partial charge in [-0.25, -0.2) is 4.79 Å². The van der Waals surface area contributed by atoms with E-state index in [2.05, 4.69) is 0 Å². The molecule has 3 rings (SSSR count). The summed E-state index contributed by atoms with van der Waals surface area (Å²) in [4.78, 5) is 25.0. The summed E-state index contributed by atoms with van der Waals surface area (Å²) in [6, 6.07) is 19.7. The van der Waals surface area contributed by atoms with Crippen LogP contribution in [0, 0.1) is 0 Å². The van der Waals surface area contributed by atoms with Crippen LogP contribution in [0.1, 0.15) is 25.6 Å². The third-order valence-corrected chi connectivity index (χ3v) is 4.15. The molecule has 0 spiro atoms. The molecule has 0 aliphatic rings. The van der Waals surface area contributed by atoms with Crippen molar-refractivity contribution < 1.29 is 14.3 Å². The first-order valence-corrected chi connectivity index (χ1v) is 8.24. The van der Waals surface area contributed by atoms with E-state index in [0.29, 0.717) is 10.4 Å². The molecule has 0 saturated carbocycles. The van der Waals surface area contributed by atoms with Crippen LogP contribution in [-0.4, -0.2) is 11.8 Å². The van der Waals surface area contributed by atoms with Gasteiger partial charge < -0.3 is 4.74 Å². The Bertz CT molecular complexity index is 865. The zero-order chi connectivity index (χ0) is 16.8. The maximum Gasteiger partial charge on any atom is 0.353 e. The fraction of sp³-hybridized carbons (Fsp3) is 0. The topological polar surface area (TPSA) is 43.4 Å². The van der Waals surface area contributed by atoms with E-state index in [-0.39, 0.29) is 11.5 Å². The molecule has 0 saturated heterocycles. The second-order valence-electron chi connectivity index (χ2n) is 4.97. The summed E-state index contributed by atoms with van der Waals surface area (Å²) < 4.78 is 5.38. The number of esters is 1. The molecule has 0 radical (unpaired) electrons. The van der Waals surface area contributed by atoms with Gasteiger partial charge in [0.25, 0.3) is 0 Å². The monoisotopic (exact) mass is 334 g/mol. The fourth-order valence-electron chi connectivity index (χ4n) is 2.13. The number of thiophene rings is 1. The molecule has 0 fully saturated rings. The van der Waals surface area contributed by atoms with Crippen molar-refractivity contribution >= 4 is 29.2 Å². The molecule has 0 bridgehead atoms. The third-order valence-electron chi connectivity index (χ3n) is 3.30. The zero-order valence-corrected chi connectivity index (χ0v) is 13.5. The highest BCUT2D eigenvalue weighted by atomic mass is 32.1. The number of rotatable bonds is 5. The van der Waals surface area contributed by atoms with Crippen molar-refractivity contribution in [1.82, 2.24) is 0 Å². The molecular weight excluding hydrogens is 320 g/mol. The van der Waals surface area contributed by atoms with Crippen LogP contribution in [0.3, 0.4) is 0 Å². The molecule has 2 aromatic carbocycles. The Morgan fingerprint density at radius 1 is 0.875 bits per heavy atom. The smallest absolute Gasteiger partial charge is 0.353 e. The number of carbonyl (C=O) groups is 2. The van der Waals surface area contributed by atoms with E-state index in [1.54, 1.807) is 47.9 Å². The van der Waals surface area contributed by atoms with Gasteiger partial charge in [0.05, 0.1) is 5.56 Å². The third kappa shape index (κ3) is 3.86. The minimum Gasteiger partial charge on any atom is -0.422 e. The summed E-state index contributed by atoms with van der Waals surface area (Å²) in [6.45, 7) is 0. The predicted molar refractivity (Wildman–Crippen MR) is 95.5 cm³/mol. The van der Waals surface area contributed by atoms with E-state index in [1.807, 2.05) is 30.3 Å². The van der Waals surface area contributed by atoms with E-state index in [1.165, 1.54) is 17.4 Å². The second kappa shape index (κ2) is 7.53. The number of benzene rings is 2. The molecule has 118 valence electrons. The number of ketones is 1. The standard InChI is InChI=1S/C20H14O3S/c21-17(13-12-15-7-2-1-3-8-15)16-9-4-5-10-18(16)23-20(22)19-11-6-14-24-19/h1-14H/b13-12+. The lowest BCUT2D eigenvalue weighted by atomic mass is 10.1. The van der Waals surface area contributed by atoms with Gasteiger partial charge in [0.2, 0.25) is 0 Å². The van der Waals surface area contributed by atoms with Crippen molar-refractivity contribution in [2.45, 2.75) is 0 Å². The minimum atomic E-state index is -0.461. The van der Waals surface area contributed by atoms with Crippen LogP contribution in [-0.2, 0) is 0 Å². The predicted octanol–water partition coefficient (Wildman–Crippen LogP) is 4.86. The van der Waals surface area contributed by atoms with E-state index >= 15 is 0 Å². The molecule has 0 aliphatic carbocycles. The highest BCUT2D eigenvalue weighted by Crippen LogP contribution is 2.22. The summed E-state index contributed by atoms with van der Waals surface area (Å²) in [6.07, 6.45) is 3.22. The second-order valence-corrected chi connectivity index (χ2v) is 5.92. The highest BCUT2D eigenvalue weighted by molar-refractivity contribution is 7.12. The summed E-state index contributed by atoms with van der Waals surface area (Å²) in [5.41, 5.74) is 1.29. The SMILES string of the molecule is O=C(Oc1ccccc1C(=O)/C=C/c1ccccc1)c1cccs1. The Labute approximate surface area is 143 Å². The number of allylic oxidation sites excluding steroid dienone is 1. The van der Waals surface area contributed by atoms with Crippen molar-refractivity contribution in [3.63, 3.8) is 0 Å². The molecule has 0 aliphatic heterocycles. The van der Waals surface area contributed by atoms with E-state index in [9.17, 15) is 9.59 Å². The van der Waals surface area contributed by atoms with Crippen molar-refractivity contribution in [3.8, 4) is 5.75 Å². The van der Waals surface area contributed by atoms with Crippen LogP contribution in [0.15, 0.2) is 78.2 Å². The number of ether oxygens (including phenoxy) is 1. The Hall–Kier alpha value is -2.98. The summed E-state index contributed by atoms with van der Waals surface area (Å²) in [5.74, 6) is -0.413. The average molecular weight is 334 g/mol. The first-order chi connectivity index (χ1) is 11.7. The summed E-state index contributed by atoms with van der Waals surface area (Å²) in [7, 11) is 0. The van der Waals surface area contributed by atoms with Gasteiger partial charge in [-0.2, -0.15) is 0 Å². The van der Waals surface area contributed by atoms with E-state index < -0.39 is 5.97 Å². The van der Waals surface area contributed by atoms with Crippen LogP contribution in [0.2, 0.25) is 0 Å². The number of hydrogen-bond donors (Lipinski definition) is 0. The van der Waals surface area contributed by atoms with Gasteiger partial charge in [-0.3, -0.25) is 4.79 Å². The molecule has 0 atom stereocenters. The highest BCUT2D eigenvalue weighted by Gasteiger charge is 2.15. The number of para-hydroxylation sites is 1. The van der Waals surface area contributed by atoms with Crippen LogP contribution < -0.4 is 4.74 Å². The van der Waals surface area contributed by atoms with Crippen LogP contribution in [0.4, 0.5) is 0 Å². The molecule has 3 nitrogen and oxygen atoms in total. The largest absolute Gasteiger partial charge is 0.422 e. The number of carbonyl (C=O) groups excluding carboxylic acids is 2. The maximum atomic E-state index is 12.4. The molecule has 1 heterocycles. The summed E-state index contributed by atoms with van der Waals surface area (Å²) >= 11 is 1.30. The van der Waals surface area contributed by atoms with Crippen molar-refractivity contribution in [2.75, 3.05) is 0 Å². The lowest BCUT2D eigenvalue weighted by molar-refractivity contribution is 0.0738. The Morgan fingerprint density at radius 3 is 2.38 bits per heavy atom. The molecule has 4 heteroatoms. The van der Waals surface area contributed by atoms with Crippen molar-refractivity contribution in [1.29, 1.82) is 0 Å². The fourth-order valence-corrected chi connectivity index (χ4v) is 2.73. The number of hydrogen-bond acceptors (Lipinski definition) is 4.